The van der Waals surface area contributed by atoms with Gasteiger partial charge in [0.2, 0.25) is 0 Å². The van der Waals surface area contributed by atoms with Gasteiger partial charge in [-0.15, -0.1) is 0 Å². The van der Waals surface area contributed by atoms with Crippen molar-refractivity contribution in [2.75, 3.05) is 13.2 Å². The van der Waals surface area contributed by atoms with E-state index in [1.54, 1.807) is 0 Å². The van der Waals surface area contributed by atoms with E-state index in [4.69, 9.17) is 25.2 Å². The van der Waals surface area contributed by atoms with Crippen LogP contribution in [0.3, 0.4) is 0 Å². The number of ether oxygens (including phenoxy) is 9. The molecule has 0 saturated carbocycles. The highest BCUT2D eigenvalue weighted by molar-refractivity contribution is 5.77. The smallest absolute Gasteiger partial charge is 0.449 e. The van der Waals surface area contributed by atoms with Gasteiger partial charge in [0.05, 0.1) is 0 Å². The van der Waals surface area contributed by atoms with Gasteiger partial charge in [-0.2, -0.15) is 0 Å². The van der Waals surface area contributed by atoms with Crippen LogP contribution >= 0.6 is 0 Å². The number of rotatable bonds is 10. The predicted molar refractivity (Wildman–Crippen MR) is 99.2 cm³/mol. The van der Waals surface area contributed by atoms with Gasteiger partial charge in [0, 0.05) is 12.8 Å². The molecule has 0 aromatic rings. The van der Waals surface area contributed by atoms with Crippen molar-refractivity contribution in [1.82, 2.24) is 0 Å². The van der Waals surface area contributed by atoms with Crippen molar-refractivity contribution in [2.24, 2.45) is 0 Å². The third kappa shape index (κ3) is 12.8. The van der Waals surface area contributed by atoms with Gasteiger partial charge in [-0.05, 0) is 0 Å². The van der Waals surface area contributed by atoms with Gasteiger partial charge in [0.25, 0.3) is 11.6 Å². The predicted octanol–water partition coefficient (Wildman–Crippen LogP) is 2.54. The summed E-state index contributed by atoms with van der Waals surface area (Å²) >= 11 is 0. The van der Waals surface area contributed by atoms with Crippen LogP contribution in [0.5, 0.6) is 0 Å². The zero-order valence-electron chi connectivity index (χ0n) is 18.6. The van der Waals surface area contributed by atoms with Crippen molar-refractivity contribution >= 4 is 49.2 Å². The first-order chi connectivity index (χ1) is 17.1. The van der Waals surface area contributed by atoms with E-state index < -0.39 is 86.9 Å². The largest absolute Gasteiger partial charge is 0.521 e. The van der Waals surface area contributed by atoms with Crippen LogP contribution in [0.4, 0.5) is 38.4 Å². The summed E-state index contributed by atoms with van der Waals surface area (Å²) in [5.74, 6) is -5.55. The number of carbonyl (C=O) groups is 8. The van der Waals surface area contributed by atoms with Crippen molar-refractivity contribution in [3.63, 3.8) is 0 Å². The fourth-order valence-electron chi connectivity index (χ4n) is 2.02. The highest BCUT2D eigenvalue weighted by atomic mass is 16.9. The lowest BCUT2D eigenvalue weighted by Gasteiger charge is -2.39. The van der Waals surface area contributed by atoms with E-state index in [-0.39, 0.29) is 0 Å². The summed E-state index contributed by atoms with van der Waals surface area (Å²) in [5, 5.41) is 34.0. The topological polar surface area (TPSA) is 301 Å². The minimum absolute atomic E-state index is 0.666. The quantitative estimate of drug-likeness (QED) is 0.132. The highest BCUT2D eigenvalue weighted by Gasteiger charge is 2.49. The summed E-state index contributed by atoms with van der Waals surface area (Å²) in [4.78, 5) is 88.8. The maximum Gasteiger partial charge on any atom is 0.521 e. The summed E-state index contributed by atoms with van der Waals surface area (Å²) in [6, 6.07) is 0. The van der Waals surface area contributed by atoms with Crippen LogP contribution in [0.25, 0.3) is 0 Å². The number of hydrogen-bond donors (Lipinski definition) is 4. The molecule has 0 aliphatic rings. The molecular formula is C16H18O21. The molecule has 0 aromatic heterocycles. The van der Waals surface area contributed by atoms with Crippen LogP contribution < -0.4 is 0 Å². The standard InChI is InChI=1S/C16H18O21/c1-3-15(35-13(27)33-9(21)22,5-29-11(25)31-7(17)18)37-16(4-2,36-14(28)34-10(23)24)6-30-12(26)32-8(19)20/h3-6H2,1-2H3,(H,17,18)(H,19,20)(H,21,22)(H,23,24). The third-order valence-electron chi connectivity index (χ3n) is 3.49. The Morgan fingerprint density at radius 3 is 1.03 bits per heavy atom. The van der Waals surface area contributed by atoms with Crippen molar-refractivity contribution in [1.29, 1.82) is 0 Å². The summed E-state index contributed by atoms with van der Waals surface area (Å²) < 4.78 is 38.4. The Bertz CT molecular complexity index is 836. The second kappa shape index (κ2) is 14.3. The summed E-state index contributed by atoms with van der Waals surface area (Å²) in [6.45, 7) is -0.447. The van der Waals surface area contributed by atoms with Crippen LogP contribution in [-0.2, 0) is 42.6 Å². The lowest BCUT2D eigenvalue weighted by atomic mass is 10.1. The van der Waals surface area contributed by atoms with E-state index in [0.29, 0.717) is 0 Å². The van der Waals surface area contributed by atoms with Crippen molar-refractivity contribution in [3.05, 3.63) is 0 Å². The second-order valence-corrected chi connectivity index (χ2v) is 5.88. The van der Waals surface area contributed by atoms with Crippen LogP contribution in [0.1, 0.15) is 26.7 Å². The van der Waals surface area contributed by atoms with E-state index >= 15 is 0 Å². The molecule has 0 bridgehead atoms. The molecule has 0 amide bonds. The average Bonchev–Trinajstić information content (AvgIpc) is 2.73. The van der Waals surface area contributed by atoms with Crippen molar-refractivity contribution in [2.45, 2.75) is 38.3 Å². The first-order valence-corrected chi connectivity index (χ1v) is 9.20. The Morgan fingerprint density at radius 2 is 0.784 bits per heavy atom. The summed E-state index contributed by atoms with van der Waals surface area (Å²) in [5.41, 5.74) is 0. The minimum atomic E-state index is -2.77. The van der Waals surface area contributed by atoms with Gasteiger partial charge in [-0.25, -0.2) is 38.4 Å². The van der Waals surface area contributed by atoms with Crippen LogP contribution in [-0.4, -0.2) is 94.5 Å². The Balaban J connectivity index is 6.31. The van der Waals surface area contributed by atoms with Crippen LogP contribution in [0.15, 0.2) is 0 Å². The molecule has 2 unspecified atom stereocenters. The molecule has 208 valence electrons. The molecule has 2 atom stereocenters. The van der Waals surface area contributed by atoms with E-state index in [9.17, 15) is 38.4 Å². The molecule has 0 spiro atoms. The number of carboxylic acid groups (broad SMARTS) is 4. The Labute approximate surface area is 203 Å². The highest BCUT2D eigenvalue weighted by Crippen LogP contribution is 2.31. The van der Waals surface area contributed by atoms with E-state index in [1.807, 2.05) is 0 Å². The molecule has 0 aliphatic carbocycles. The molecule has 0 heterocycles. The van der Waals surface area contributed by atoms with Crippen LogP contribution in [0.2, 0.25) is 0 Å². The maximum atomic E-state index is 11.8. The third-order valence-corrected chi connectivity index (χ3v) is 3.49. The molecule has 21 heteroatoms. The number of carbonyl (C=O) groups excluding carboxylic acids is 4. The first-order valence-electron chi connectivity index (χ1n) is 9.20. The SMILES string of the molecule is CCC(COC(=O)OC(=O)O)(OC(=O)OC(=O)O)OC(CC)(COC(=O)OC(=O)O)OC(=O)OC(=O)O. The van der Waals surface area contributed by atoms with Gasteiger partial charge < -0.3 is 58.3 Å². The van der Waals surface area contributed by atoms with Gasteiger partial charge in [-0.1, -0.05) is 13.8 Å². The fraction of sp³-hybridized carbons (Fsp3) is 0.500. The normalized spacial score (nSPS) is 13.2. The van der Waals surface area contributed by atoms with Crippen molar-refractivity contribution in [3.8, 4) is 0 Å². The monoisotopic (exact) mass is 546 g/mol. The fourth-order valence-corrected chi connectivity index (χ4v) is 2.02. The summed E-state index contributed by atoms with van der Waals surface area (Å²) in [6.07, 6.45) is -17.9. The Kier molecular flexibility index (Phi) is 12.4. The van der Waals surface area contributed by atoms with E-state index in [1.165, 1.54) is 0 Å². The van der Waals surface area contributed by atoms with E-state index in [0.717, 1.165) is 13.8 Å². The van der Waals surface area contributed by atoms with Gasteiger partial charge in [0.1, 0.15) is 0 Å². The number of hydrogen-bond acceptors (Lipinski definition) is 17. The zero-order chi connectivity index (χ0) is 28.8. The molecule has 21 nitrogen and oxygen atoms in total. The average molecular weight is 546 g/mol. The zero-order valence-corrected chi connectivity index (χ0v) is 18.6. The maximum absolute atomic E-state index is 11.8. The molecule has 0 aromatic carbocycles. The second-order valence-electron chi connectivity index (χ2n) is 5.88. The lowest BCUT2D eigenvalue weighted by Crippen LogP contribution is -2.54. The lowest BCUT2D eigenvalue weighted by molar-refractivity contribution is -0.351. The van der Waals surface area contributed by atoms with Gasteiger partial charge in [-0.3, -0.25) is 4.74 Å². The molecule has 0 aliphatic heterocycles. The molecule has 0 radical (unpaired) electrons. The molecule has 0 fully saturated rings. The molecule has 0 saturated heterocycles. The van der Waals surface area contributed by atoms with E-state index in [2.05, 4.69) is 37.9 Å². The summed E-state index contributed by atoms with van der Waals surface area (Å²) in [7, 11) is 0. The molecular weight excluding hydrogens is 528 g/mol. The Hall–Kier alpha value is -5.08. The van der Waals surface area contributed by atoms with Gasteiger partial charge >= 0.3 is 49.2 Å². The van der Waals surface area contributed by atoms with Gasteiger partial charge in [0.15, 0.2) is 13.2 Å². The Morgan fingerprint density at radius 1 is 0.514 bits per heavy atom. The molecule has 4 N–H and O–H groups in total. The first kappa shape index (κ1) is 31.9. The minimum Gasteiger partial charge on any atom is -0.449 e. The van der Waals surface area contributed by atoms with Crippen LogP contribution in [0, 0.1) is 0 Å². The van der Waals surface area contributed by atoms with Crippen molar-refractivity contribution < 1.29 is 101 Å². The molecule has 37 heavy (non-hydrogen) atoms. The molecule has 0 rings (SSSR count).